The molecule has 0 fully saturated rings. The van der Waals surface area contributed by atoms with Gasteiger partial charge in [-0.1, -0.05) is 23.4 Å². The van der Waals surface area contributed by atoms with Crippen molar-refractivity contribution in [2.75, 3.05) is 23.8 Å². The van der Waals surface area contributed by atoms with E-state index in [1.54, 1.807) is 50.2 Å². The second-order valence-electron chi connectivity index (χ2n) is 7.06. The predicted octanol–water partition coefficient (Wildman–Crippen LogP) is 4.52. The molecule has 1 aromatic heterocycles. The van der Waals surface area contributed by atoms with E-state index in [9.17, 15) is 9.59 Å². The third kappa shape index (κ3) is 5.46. The average Bonchev–Trinajstić information content (AvgIpc) is 3.09. The van der Waals surface area contributed by atoms with Crippen LogP contribution in [0.15, 0.2) is 47.0 Å². The SMILES string of the molecule is CCOc1cc(NC(=O)c2ccccc2)c(OCC)cc1NC(=O)Cc1c(C)noc1C. The van der Waals surface area contributed by atoms with Gasteiger partial charge in [0, 0.05) is 23.3 Å². The van der Waals surface area contributed by atoms with Crippen LogP contribution in [0.3, 0.4) is 0 Å². The summed E-state index contributed by atoms with van der Waals surface area (Å²) in [7, 11) is 0. The Kier molecular flexibility index (Phi) is 7.49. The zero-order valence-electron chi connectivity index (χ0n) is 18.7. The highest BCUT2D eigenvalue weighted by molar-refractivity contribution is 6.05. The van der Waals surface area contributed by atoms with E-state index < -0.39 is 0 Å². The maximum atomic E-state index is 12.7. The Morgan fingerprint density at radius 2 is 1.53 bits per heavy atom. The molecule has 0 radical (unpaired) electrons. The van der Waals surface area contributed by atoms with Crippen LogP contribution >= 0.6 is 0 Å². The lowest BCUT2D eigenvalue weighted by Gasteiger charge is -2.18. The summed E-state index contributed by atoms with van der Waals surface area (Å²) < 4.78 is 16.6. The molecule has 2 aromatic carbocycles. The molecular weight excluding hydrogens is 410 g/mol. The molecule has 0 unspecified atom stereocenters. The van der Waals surface area contributed by atoms with Gasteiger partial charge in [0.1, 0.15) is 17.3 Å². The Balaban J connectivity index is 1.88. The van der Waals surface area contributed by atoms with Gasteiger partial charge < -0.3 is 24.6 Å². The Bertz CT molecular complexity index is 1070. The van der Waals surface area contributed by atoms with Gasteiger partial charge in [-0.05, 0) is 39.8 Å². The zero-order chi connectivity index (χ0) is 23.1. The van der Waals surface area contributed by atoms with E-state index in [0.717, 1.165) is 5.56 Å². The molecule has 32 heavy (non-hydrogen) atoms. The average molecular weight is 437 g/mol. The third-order valence-electron chi connectivity index (χ3n) is 4.76. The number of hydrogen-bond donors (Lipinski definition) is 2. The van der Waals surface area contributed by atoms with Gasteiger partial charge in [0.05, 0.1) is 36.7 Å². The summed E-state index contributed by atoms with van der Waals surface area (Å²) in [4.78, 5) is 25.4. The molecule has 8 nitrogen and oxygen atoms in total. The molecule has 0 aliphatic heterocycles. The van der Waals surface area contributed by atoms with Crippen molar-refractivity contribution in [3.8, 4) is 11.5 Å². The topological polar surface area (TPSA) is 103 Å². The summed E-state index contributed by atoms with van der Waals surface area (Å²) in [5.74, 6) is 0.934. The van der Waals surface area contributed by atoms with Crippen molar-refractivity contribution < 1.29 is 23.6 Å². The lowest BCUT2D eigenvalue weighted by molar-refractivity contribution is -0.115. The molecule has 0 saturated carbocycles. The van der Waals surface area contributed by atoms with Crippen molar-refractivity contribution >= 4 is 23.2 Å². The number of ether oxygens (including phenoxy) is 2. The number of carbonyl (C=O) groups is 2. The van der Waals surface area contributed by atoms with Crippen molar-refractivity contribution in [2.45, 2.75) is 34.1 Å². The monoisotopic (exact) mass is 437 g/mol. The van der Waals surface area contributed by atoms with Gasteiger partial charge in [-0.15, -0.1) is 0 Å². The standard InChI is InChI=1S/C24H27N3O5/c1-5-30-21-14-20(26-24(29)17-10-8-7-9-11-17)22(31-6-2)13-19(21)25-23(28)12-18-15(3)27-32-16(18)4/h7-11,13-14H,5-6,12H2,1-4H3,(H,25,28)(H,26,29). The zero-order valence-corrected chi connectivity index (χ0v) is 18.7. The van der Waals surface area contributed by atoms with Crippen LogP contribution in [0, 0.1) is 13.8 Å². The summed E-state index contributed by atoms with van der Waals surface area (Å²) in [6, 6.07) is 12.2. The molecule has 2 N–H and O–H groups in total. The van der Waals surface area contributed by atoms with Crippen molar-refractivity contribution in [1.82, 2.24) is 5.16 Å². The van der Waals surface area contributed by atoms with Gasteiger partial charge >= 0.3 is 0 Å². The van der Waals surface area contributed by atoms with Gasteiger partial charge in [-0.3, -0.25) is 9.59 Å². The van der Waals surface area contributed by atoms with Crippen molar-refractivity contribution in [3.63, 3.8) is 0 Å². The quantitative estimate of drug-likeness (QED) is 0.510. The minimum Gasteiger partial charge on any atom is -0.492 e. The molecule has 0 bridgehead atoms. The Labute approximate surface area is 186 Å². The lowest BCUT2D eigenvalue weighted by atomic mass is 10.1. The number of amides is 2. The molecule has 0 aliphatic carbocycles. The molecule has 1 heterocycles. The number of hydrogen-bond acceptors (Lipinski definition) is 6. The van der Waals surface area contributed by atoms with Crippen LogP contribution in [0.5, 0.6) is 11.5 Å². The van der Waals surface area contributed by atoms with Crippen LogP contribution in [-0.4, -0.2) is 30.2 Å². The molecule has 0 atom stereocenters. The fourth-order valence-electron chi connectivity index (χ4n) is 3.20. The van der Waals surface area contributed by atoms with E-state index >= 15 is 0 Å². The maximum Gasteiger partial charge on any atom is 0.255 e. The summed E-state index contributed by atoms with van der Waals surface area (Å²) in [5.41, 5.74) is 2.84. The van der Waals surface area contributed by atoms with Crippen LogP contribution in [-0.2, 0) is 11.2 Å². The molecule has 0 aliphatic rings. The molecule has 8 heteroatoms. The highest BCUT2D eigenvalue weighted by Gasteiger charge is 2.19. The Morgan fingerprint density at radius 3 is 2.06 bits per heavy atom. The number of anilines is 2. The first kappa shape index (κ1) is 22.9. The van der Waals surface area contributed by atoms with Crippen LogP contribution in [0.1, 0.15) is 41.2 Å². The Hall–Kier alpha value is -3.81. The molecule has 0 saturated heterocycles. The van der Waals surface area contributed by atoms with Gasteiger partial charge in [0.25, 0.3) is 5.91 Å². The van der Waals surface area contributed by atoms with Gasteiger partial charge in [0.2, 0.25) is 5.91 Å². The second-order valence-corrected chi connectivity index (χ2v) is 7.06. The molecule has 0 spiro atoms. The number of carbonyl (C=O) groups excluding carboxylic acids is 2. The first-order valence-corrected chi connectivity index (χ1v) is 10.4. The van der Waals surface area contributed by atoms with E-state index in [2.05, 4.69) is 15.8 Å². The first-order chi connectivity index (χ1) is 15.4. The van der Waals surface area contributed by atoms with Crippen molar-refractivity contribution in [2.24, 2.45) is 0 Å². The number of aryl methyl sites for hydroxylation is 2. The van der Waals surface area contributed by atoms with Crippen LogP contribution in [0.25, 0.3) is 0 Å². The summed E-state index contributed by atoms with van der Waals surface area (Å²) in [5, 5.41) is 9.62. The molecule has 3 rings (SSSR count). The second kappa shape index (κ2) is 10.5. The molecule has 168 valence electrons. The van der Waals surface area contributed by atoms with Gasteiger partial charge in [-0.25, -0.2) is 0 Å². The normalized spacial score (nSPS) is 10.5. The van der Waals surface area contributed by atoms with Gasteiger partial charge in [-0.2, -0.15) is 0 Å². The van der Waals surface area contributed by atoms with Crippen LogP contribution in [0.4, 0.5) is 11.4 Å². The number of aromatic nitrogens is 1. The van der Waals surface area contributed by atoms with E-state index in [0.29, 0.717) is 53.1 Å². The number of rotatable bonds is 9. The van der Waals surface area contributed by atoms with E-state index in [-0.39, 0.29) is 18.2 Å². The smallest absolute Gasteiger partial charge is 0.255 e. The van der Waals surface area contributed by atoms with E-state index in [1.807, 2.05) is 19.9 Å². The van der Waals surface area contributed by atoms with Crippen LogP contribution in [0.2, 0.25) is 0 Å². The fourth-order valence-corrected chi connectivity index (χ4v) is 3.20. The fraction of sp³-hybridized carbons (Fsp3) is 0.292. The van der Waals surface area contributed by atoms with E-state index in [1.165, 1.54) is 0 Å². The summed E-state index contributed by atoms with van der Waals surface area (Å²) in [6.45, 7) is 8.01. The molecule has 2 amide bonds. The number of benzene rings is 2. The number of nitrogens with zero attached hydrogens (tertiary/aromatic N) is 1. The number of nitrogens with one attached hydrogen (secondary N) is 2. The molecule has 3 aromatic rings. The third-order valence-corrected chi connectivity index (χ3v) is 4.76. The van der Waals surface area contributed by atoms with Crippen molar-refractivity contribution in [1.29, 1.82) is 0 Å². The maximum absolute atomic E-state index is 12.7. The summed E-state index contributed by atoms with van der Waals surface area (Å²) >= 11 is 0. The minimum absolute atomic E-state index is 0.114. The predicted molar refractivity (Wildman–Crippen MR) is 121 cm³/mol. The lowest BCUT2D eigenvalue weighted by Crippen LogP contribution is -2.17. The largest absolute Gasteiger partial charge is 0.492 e. The summed E-state index contributed by atoms with van der Waals surface area (Å²) in [6.07, 6.45) is 0.114. The molecular formula is C24H27N3O5. The van der Waals surface area contributed by atoms with E-state index in [4.69, 9.17) is 14.0 Å². The minimum atomic E-state index is -0.274. The highest BCUT2D eigenvalue weighted by Crippen LogP contribution is 2.37. The first-order valence-electron chi connectivity index (χ1n) is 10.4. The van der Waals surface area contributed by atoms with Crippen LogP contribution < -0.4 is 20.1 Å². The highest BCUT2D eigenvalue weighted by atomic mass is 16.5. The Morgan fingerprint density at radius 1 is 0.938 bits per heavy atom. The van der Waals surface area contributed by atoms with Gasteiger partial charge in [0.15, 0.2) is 0 Å². The van der Waals surface area contributed by atoms with Crippen molar-refractivity contribution in [3.05, 3.63) is 65.0 Å².